The van der Waals surface area contributed by atoms with E-state index in [4.69, 9.17) is 4.74 Å². The first-order valence-electron chi connectivity index (χ1n) is 9.84. The van der Waals surface area contributed by atoms with Crippen LogP contribution in [0.4, 0.5) is 0 Å². The Morgan fingerprint density at radius 1 is 1.00 bits per heavy atom. The molecule has 0 aromatic heterocycles. The van der Waals surface area contributed by atoms with Gasteiger partial charge in [0.05, 0.1) is 16.9 Å². The van der Waals surface area contributed by atoms with E-state index in [-0.39, 0.29) is 22.3 Å². The third-order valence-corrected chi connectivity index (χ3v) is 8.16. The lowest BCUT2D eigenvalue weighted by atomic mass is 10.0. The van der Waals surface area contributed by atoms with Crippen molar-refractivity contribution in [2.75, 3.05) is 21.2 Å². The second-order valence-electron chi connectivity index (χ2n) is 7.63. The summed E-state index contributed by atoms with van der Waals surface area (Å²) in [5.74, 6) is -0.411. The van der Waals surface area contributed by atoms with Gasteiger partial charge in [0.2, 0.25) is 26.0 Å². The Morgan fingerprint density at radius 2 is 1.59 bits per heavy atom. The highest BCUT2D eigenvalue weighted by Crippen LogP contribution is 2.19. The number of rotatable bonds is 10. The van der Waals surface area contributed by atoms with Crippen molar-refractivity contribution in [3.8, 4) is 5.75 Å². The Balaban J connectivity index is 2.20. The van der Waals surface area contributed by atoms with Gasteiger partial charge in [0.15, 0.2) is 0 Å². The van der Waals surface area contributed by atoms with Crippen molar-refractivity contribution in [3.05, 3.63) is 54.1 Å². The number of carbonyl (C=O) groups is 1. The Kier molecular flexibility index (Phi) is 8.41. The molecule has 0 aliphatic heterocycles. The average Bonchev–Trinajstić information content (AvgIpc) is 2.75. The number of amides is 1. The van der Waals surface area contributed by atoms with Gasteiger partial charge in [-0.15, -0.1) is 0 Å². The maximum Gasteiger partial charge on any atom is 0.242 e. The molecule has 0 saturated heterocycles. The van der Waals surface area contributed by atoms with Crippen molar-refractivity contribution in [1.82, 2.24) is 14.3 Å². The second-order valence-corrected chi connectivity index (χ2v) is 11.5. The van der Waals surface area contributed by atoms with Crippen LogP contribution in [-0.2, 0) is 31.4 Å². The molecule has 0 unspecified atom stereocenters. The van der Waals surface area contributed by atoms with Crippen LogP contribution < -0.4 is 14.8 Å². The third kappa shape index (κ3) is 6.06. The fraction of sp³-hybridized carbons (Fsp3) is 0.381. The lowest BCUT2D eigenvalue weighted by Crippen LogP contribution is -2.49. The minimum Gasteiger partial charge on any atom is -0.497 e. The summed E-state index contributed by atoms with van der Waals surface area (Å²) in [6, 6.07) is 11.1. The largest absolute Gasteiger partial charge is 0.497 e. The number of carbonyl (C=O) groups excluding carboxylic acids is 1. The van der Waals surface area contributed by atoms with E-state index in [1.165, 1.54) is 51.5 Å². The number of nitrogens with one attached hydrogen (secondary N) is 2. The average molecular weight is 484 g/mol. The van der Waals surface area contributed by atoms with Crippen LogP contribution in [0.2, 0.25) is 0 Å². The fourth-order valence-corrected chi connectivity index (χ4v) is 5.33. The van der Waals surface area contributed by atoms with Crippen LogP contribution in [0.1, 0.15) is 19.4 Å². The van der Waals surface area contributed by atoms with Crippen LogP contribution in [0.3, 0.4) is 0 Å². The molecular weight excluding hydrogens is 454 g/mol. The van der Waals surface area contributed by atoms with Gasteiger partial charge < -0.3 is 10.1 Å². The SMILES string of the molecule is COc1ccc(S(=O)(=O)N[C@H](C(=O)NCc2ccccc2S(=O)(=O)N(C)C)C(C)C)cc1. The van der Waals surface area contributed by atoms with Gasteiger partial charge in [-0.3, -0.25) is 4.79 Å². The molecule has 0 radical (unpaired) electrons. The van der Waals surface area contributed by atoms with Gasteiger partial charge in [0, 0.05) is 20.6 Å². The third-order valence-electron chi connectivity index (χ3n) is 4.79. The van der Waals surface area contributed by atoms with Gasteiger partial charge >= 0.3 is 0 Å². The Bertz CT molecular complexity index is 1140. The van der Waals surface area contributed by atoms with Crippen molar-refractivity contribution >= 4 is 26.0 Å². The van der Waals surface area contributed by atoms with E-state index in [0.29, 0.717) is 11.3 Å². The van der Waals surface area contributed by atoms with E-state index in [0.717, 1.165) is 4.31 Å². The molecule has 0 saturated carbocycles. The fourth-order valence-electron chi connectivity index (χ4n) is 2.87. The maximum absolute atomic E-state index is 12.8. The summed E-state index contributed by atoms with van der Waals surface area (Å²) in [6.07, 6.45) is 0. The Morgan fingerprint density at radius 3 is 2.12 bits per heavy atom. The van der Waals surface area contributed by atoms with Gasteiger partial charge in [-0.05, 0) is 41.8 Å². The van der Waals surface area contributed by atoms with Crippen LogP contribution in [0.25, 0.3) is 0 Å². The number of ether oxygens (including phenoxy) is 1. The molecule has 32 heavy (non-hydrogen) atoms. The summed E-state index contributed by atoms with van der Waals surface area (Å²) in [5, 5.41) is 2.66. The summed E-state index contributed by atoms with van der Waals surface area (Å²) >= 11 is 0. The lowest BCUT2D eigenvalue weighted by molar-refractivity contribution is -0.123. The first kappa shape index (κ1) is 25.8. The van der Waals surface area contributed by atoms with Crippen molar-refractivity contribution in [3.63, 3.8) is 0 Å². The zero-order valence-corrected chi connectivity index (χ0v) is 20.3. The Labute approximate surface area is 189 Å². The highest BCUT2D eigenvalue weighted by atomic mass is 32.2. The minimum atomic E-state index is -3.97. The summed E-state index contributed by atoms with van der Waals surface area (Å²) in [4.78, 5) is 12.9. The molecule has 2 rings (SSSR count). The molecule has 0 fully saturated rings. The molecule has 176 valence electrons. The van der Waals surface area contributed by atoms with Gasteiger partial charge in [-0.1, -0.05) is 32.0 Å². The van der Waals surface area contributed by atoms with Crippen LogP contribution >= 0.6 is 0 Å². The maximum atomic E-state index is 12.8. The Hall–Kier alpha value is -2.47. The zero-order valence-electron chi connectivity index (χ0n) is 18.7. The molecule has 0 heterocycles. The highest BCUT2D eigenvalue weighted by molar-refractivity contribution is 7.89. The van der Waals surface area contributed by atoms with Crippen molar-refractivity contribution in [2.24, 2.45) is 5.92 Å². The van der Waals surface area contributed by atoms with Gasteiger partial charge in [0.1, 0.15) is 11.8 Å². The van der Waals surface area contributed by atoms with Gasteiger partial charge in [0.25, 0.3) is 0 Å². The molecule has 9 nitrogen and oxygen atoms in total. The molecule has 1 atom stereocenters. The molecule has 2 aromatic rings. The molecule has 0 bridgehead atoms. The molecule has 0 aliphatic rings. The normalized spacial score (nSPS) is 13.2. The molecule has 11 heteroatoms. The number of hydrogen-bond acceptors (Lipinski definition) is 6. The standard InChI is InChI=1S/C21H29N3O6S2/c1-15(2)20(23-31(26,27)18-12-10-17(30-5)11-13-18)21(25)22-14-16-8-6-7-9-19(16)32(28,29)24(3)4/h6-13,15,20,23H,14H2,1-5H3,(H,22,25)/t20-/m0/s1. The summed E-state index contributed by atoms with van der Waals surface area (Å²) < 4.78 is 59.2. The second kappa shape index (κ2) is 10.4. The lowest BCUT2D eigenvalue weighted by Gasteiger charge is -2.22. The summed E-state index contributed by atoms with van der Waals surface area (Å²) in [7, 11) is -3.35. The van der Waals surface area contributed by atoms with Crippen molar-refractivity contribution in [1.29, 1.82) is 0 Å². The molecule has 1 amide bonds. The molecule has 2 N–H and O–H groups in total. The van der Waals surface area contributed by atoms with Crippen LogP contribution in [0.5, 0.6) is 5.75 Å². The quantitative estimate of drug-likeness (QED) is 0.529. The predicted octanol–water partition coefficient (Wildman–Crippen LogP) is 1.56. The first-order valence-corrected chi connectivity index (χ1v) is 12.8. The molecule has 0 spiro atoms. The monoisotopic (exact) mass is 483 g/mol. The van der Waals surface area contributed by atoms with Crippen LogP contribution in [0, 0.1) is 5.92 Å². The van der Waals surface area contributed by atoms with E-state index in [1.54, 1.807) is 32.0 Å². The van der Waals surface area contributed by atoms with E-state index < -0.39 is 32.0 Å². The van der Waals surface area contributed by atoms with Crippen molar-refractivity contribution < 1.29 is 26.4 Å². The number of sulfonamides is 2. The molecule has 0 aliphatic carbocycles. The number of methoxy groups -OCH3 is 1. The summed E-state index contributed by atoms with van der Waals surface area (Å²) in [5.41, 5.74) is 0.398. The van der Waals surface area contributed by atoms with E-state index in [1.807, 2.05) is 0 Å². The molecular formula is C21H29N3O6S2. The van der Waals surface area contributed by atoms with E-state index in [2.05, 4.69) is 10.0 Å². The van der Waals surface area contributed by atoms with Crippen LogP contribution in [-0.4, -0.2) is 54.3 Å². The van der Waals surface area contributed by atoms with Gasteiger partial charge in [-0.2, -0.15) is 4.72 Å². The number of hydrogen-bond donors (Lipinski definition) is 2. The van der Waals surface area contributed by atoms with E-state index >= 15 is 0 Å². The minimum absolute atomic E-state index is 0.000767. The van der Waals surface area contributed by atoms with Crippen molar-refractivity contribution in [2.45, 2.75) is 36.2 Å². The summed E-state index contributed by atoms with van der Waals surface area (Å²) in [6.45, 7) is 3.35. The van der Waals surface area contributed by atoms with E-state index in [9.17, 15) is 21.6 Å². The number of benzene rings is 2. The molecule has 2 aromatic carbocycles. The first-order chi connectivity index (χ1) is 14.9. The highest BCUT2D eigenvalue weighted by Gasteiger charge is 2.29. The van der Waals surface area contributed by atoms with Gasteiger partial charge in [-0.25, -0.2) is 21.1 Å². The predicted molar refractivity (Wildman–Crippen MR) is 121 cm³/mol. The number of nitrogens with zero attached hydrogens (tertiary/aromatic N) is 1. The zero-order chi connectivity index (χ0) is 24.1. The van der Waals surface area contributed by atoms with Crippen LogP contribution in [0.15, 0.2) is 58.3 Å². The smallest absolute Gasteiger partial charge is 0.242 e. The topological polar surface area (TPSA) is 122 Å².